The van der Waals surface area contributed by atoms with E-state index in [2.05, 4.69) is 22.3 Å². The van der Waals surface area contributed by atoms with Crippen LogP contribution >= 0.6 is 0 Å². The molecule has 1 N–H and O–H groups in total. The maximum absolute atomic E-state index is 6.27. The van der Waals surface area contributed by atoms with Gasteiger partial charge >= 0.3 is 0 Å². The average Bonchev–Trinajstić information content (AvgIpc) is 2.62. The van der Waals surface area contributed by atoms with Gasteiger partial charge in [-0.1, -0.05) is 12.1 Å². The van der Waals surface area contributed by atoms with Crippen LogP contribution in [0.1, 0.15) is 18.4 Å². The summed E-state index contributed by atoms with van der Waals surface area (Å²) in [7, 11) is 1.71. The number of benzene rings is 1. The van der Waals surface area contributed by atoms with Crippen molar-refractivity contribution in [3.63, 3.8) is 0 Å². The number of nitrogens with one attached hydrogen (secondary N) is 1. The van der Waals surface area contributed by atoms with Crippen LogP contribution in [0.4, 0.5) is 0 Å². The maximum Gasteiger partial charge on any atom is 0.164 e. The quantitative estimate of drug-likeness (QED) is 0.864. The lowest BCUT2D eigenvalue weighted by molar-refractivity contribution is 0.00599. The molecule has 1 atom stereocenters. The number of methoxy groups -OCH3 is 1. The molecular weight excluding hydrogens is 292 g/mol. The van der Waals surface area contributed by atoms with Crippen molar-refractivity contribution >= 4 is 0 Å². The second kappa shape index (κ2) is 8.52. The van der Waals surface area contributed by atoms with Crippen molar-refractivity contribution in [3.05, 3.63) is 23.8 Å². The molecule has 0 spiro atoms. The third-order valence-electron chi connectivity index (χ3n) is 4.59. The van der Waals surface area contributed by atoms with E-state index in [1.54, 1.807) is 7.11 Å². The summed E-state index contributed by atoms with van der Waals surface area (Å²) in [6.45, 7) is 7.00. The van der Waals surface area contributed by atoms with Gasteiger partial charge < -0.3 is 24.4 Å². The summed E-state index contributed by atoms with van der Waals surface area (Å²) in [5.74, 6) is 1.73. The zero-order chi connectivity index (χ0) is 15.9. The summed E-state index contributed by atoms with van der Waals surface area (Å²) in [4.78, 5) is 2.50. The SMILES string of the molecule is COc1cccc(CCN2CCNCC2)c1OC1CCCOC1. The maximum atomic E-state index is 6.27. The molecule has 0 bridgehead atoms. The van der Waals surface area contributed by atoms with E-state index in [1.807, 2.05) is 6.07 Å². The zero-order valence-corrected chi connectivity index (χ0v) is 14.1. The lowest BCUT2D eigenvalue weighted by Gasteiger charge is -2.28. The minimum absolute atomic E-state index is 0.137. The van der Waals surface area contributed by atoms with Crippen molar-refractivity contribution < 1.29 is 14.2 Å². The average molecular weight is 320 g/mol. The summed E-state index contributed by atoms with van der Waals surface area (Å²) in [6, 6.07) is 6.19. The molecule has 23 heavy (non-hydrogen) atoms. The van der Waals surface area contributed by atoms with Gasteiger partial charge in [0.25, 0.3) is 0 Å². The van der Waals surface area contributed by atoms with Gasteiger partial charge in [-0.05, 0) is 30.9 Å². The Labute approximate surface area is 138 Å². The molecule has 3 rings (SSSR count). The monoisotopic (exact) mass is 320 g/mol. The molecule has 2 fully saturated rings. The number of hydrogen-bond acceptors (Lipinski definition) is 5. The second-order valence-electron chi connectivity index (χ2n) is 6.25. The molecule has 2 saturated heterocycles. The van der Waals surface area contributed by atoms with Gasteiger partial charge in [0.1, 0.15) is 6.10 Å². The van der Waals surface area contributed by atoms with E-state index in [0.29, 0.717) is 6.61 Å². The molecule has 1 aromatic carbocycles. The number of piperazine rings is 1. The van der Waals surface area contributed by atoms with Crippen molar-refractivity contribution in [1.29, 1.82) is 0 Å². The summed E-state index contributed by atoms with van der Waals surface area (Å²) in [6.07, 6.45) is 3.24. The van der Waals surface area contributed by atoms with Crippen LogP contribution < -0.4 is 14.8 Å². The minimum atomic E-state index is 0.137. The third kappa shape index (κ3) is 4.59. The predicted molar refractivity (Wildman–Crippen MR) is 90.5 cm³/mol. The first-order valence-corrected chi connectivity index (χ1v) is 8.70. The lowest BCUT2D eigenvalue weighted by Crippen LogP contribution is -2.44. The lowest BCUT2D eigenvalue weighted by atomic mass is 10.1. The Hall–Kier alpha value is -1.30. The van der Waals surface area contributed by atoms with Crippen LogP contribution in [0.5, 0.6) is 11.5 Å². The molecule has 2 aliphatic heterocycles. The fraction of sp³-hybridized carbons (Fsp3) is 0.667. The molecule has 5 heteroatoms. The van der Waals surface area contributed by atoms with Crippen molar-refractivity contribution in [2.75, 3.05) is 53.0 Å². The van der Waals surface area contributed by atoms with Gasteiger partial charge in [-0.25, -0.2) is 0 Å². The van der Waals surface area contributed by atoms with E-state index in [0.717, 1.165) is 70.1 Å². The van der Waals surface area contributed by atoms with Crippen LogP contribution in [0.15, 0.2) is 18.2 Å². The number of hydrogen-bond donors (Lipinski definition) is 1. The topological polar surface area (TPSA) is 43.0 Å². The summed E-state index contributed by atoms with van der Waals surface area (Å²) >= 11 is 0. The molecule has 2 aliphatic rings. The van der Waals surface area contributed by atoms with Crippen LogP contribution in [0.2, 0.25) is 0 Å². The van der Waals surface area contributed by atoms with E-state index >= 15 is 0 Å². The Kier molecular flexibility index (Phi) is 6.13. The van der Waals surface area contributed by atoms with Gasteiger partial charge in [0.2, 0.25) is 0 Å². The van der Waals surface area contributed by atoms with Gasteiger partial charge in [0, 0.05) is 39.3 Å². The minimum Gasteiger partial charge on any atom is -0.493 e. The standard InChI is InChI=1S/C18H28N2O3/c1-21-17-6-2-4-15(7-10-20-11-8-19-9-12-20)18(17)23-16-5-3-13-22-14-16/h2,4,6,16,19H,3,5,7-14H2,1H3. The van der Waals surface area contributed by atoms with E-state index in [9.17, 15) is 0 Å². The largest absolute Gasteiger partial charge is 0.493 e. The van der Waals surface area contributed by atoms with Gasteiger partial charge in [-0.15, -0.1) is 0 Å². The molecule has 0 aliphatic carbocycles. The smallest absolute Gasteiger partial charge is 0.164 e. The normalized spacial score (nSPS) is 22.7. The fourth-order valence-corrected chi connectivity index (χ4v) is 3.24. The first-order chi connectivity index (χ1) is 11.4. The van der Waals surface area contributed by atoms with Gasteiger partial charge in [-0.3, -0.25) is 0 Å². The van der Waals surface area contributed by atoms with Crippen LogP contribution in [0.25, 0.3) is 0 Å². The van der Waals surface area contributed by atoms with E-state index in [4.69, 9.17) is 14.2 Å². The number of nitrogens with zero attached hydrogens (tertiary/aromatic N) is 1. The molecule has 0 amide bonds. The van der Waals surface area contributed by atoms with E-state index in [-0.39, 0.29) is 6.10 Å². The molecular formula is C18H28N2O3. The Bertz CT molecular complexity index is 483. The molecule has 0 saturated carbocycles. The highest BCUT2D eigenvalue weighted by atomic mass is 16.5. The molecule has 5 nitrogen and oxygen atoms in total. The van der Waals surface area contributed by atoms with Gasteiger partial charge in [0.15, 0.2) is 11.5 Å². The van der Waals surface area contributed by atoms with Crippen LogP contribution in [0.3, 0.4) is 0 Å². The molecule has 128 valence electrons. The molecule has 0 radical (unpaired) electrons. The molecule has 1 unspecified atom stereocenters. The molecule has 2 heterocycles. The van der Waals surface area contributed by atoms with Crippen LogP contribution in [-0.2, 0) is 11.2 Å². The molecule has 1 aromatic rings. The Morgan fingerprint density at radius 3 is 2.91 bits per heavy atom. The first kappa shape index (κ1) is 16.6. The fourth-order valence-electron chi connectivity index (χ4n) is 3.24. The number of rotatable bonds is 6. The van der Waals surface area contributed by atoms with E-state index < -0.39 is 0 Å². The van der Waals surface area contributed by atoms with E-state index in [1.165, 1.54) is 5.56 Å². The van der Waals surface area contributed by atoms with Crippen molar-refractivity contribution in [3.8, 4) is 11.5 Å². The van der Waals surface area contributed by atoms with Crippen molar-refractivity contribution in [1.82, 2.24) is 10.2 Å². The molecule has 0 aromatic heterocycles. The summed E-state index contributed by atoms with van der Waals surface area (Å²) in [5.41, 5.74) is 1.23. The van der Waals surface area contributed by atoms with Crippen molar-refractivity contribution in [2.45, 2.75) is 25.4 Å². The van der Waals surface area contributed by atoms with Crippen LogP contribution in [-0.4, -0.2) is 64.1 Å². The Morgan fingerprint density at radius 1 is 1.30 bits per heavy atom. The Morgan fingerprint density at radius 2 is 2.17 bits per heavy atom. The number of para-hydroxylation sites is 1. The van der Waals surface area contributed by atoms with Crippen LogP contribution in [0, 0.1) is 0 Å². The Balaban J connectivity index is 1.67. The highest BCUT2D eigenvalue weighted by Crippen LogP contribution is 2.33. The van der Waals surface area contributed by atoms with Crippen molar-refractivity contribution in [2.24, 2.45) is 0 Å². The predicted octanol–water partition coefficient (Wildman–Crippen LogP) is 1.70. The zero-order valence-electron chi connectivity index (χ0n) is 14.1. The van der Waals surface area contributed by atoms with Gasteiger partial charge in [0.05, 0.1) is 13.7 Å². The summed E-state index contributed by atoms with van der Waals surface area (Å²) in [5, 5.41) is 3.40. The number of ether oxygens (including phenoxy) is 3. The second-order valence-corrected chi connectivity index (χ2v) is 6.25. The highest BCUT2D eigenvalue weighted by molar-refractivity contribution is 5.47. The third-order valence-corrected chi connectivity index (χ3v) is 4.59. The van der Waals surface area contributed by atoms with Gasteiger partial charge in [-0.2, -0.15) is 0 Å². The summed E-state index contributed by atoms with van der Waals surface area (Å²) < 4.78 is 17.3. The first-order valence-electron chi connectivity index (χ1n) is 8.70. The highest BCUT2D eigenvalue weighted by Gasteiger charge is 2.20.